The molecular weight excluding hydrogens is 544 g/mol. The third kappa shape index (κ3) is 5.12. The van der Waals surface area contributed by atoms with Crippen molar-refractivity contribution >= 4 is 53.5 Å². The van der Waals surface area contributed by atoms with Gasteiger partial charge in [0.2, 0.25) is 5.95 Å². The molecule has 31 heavy (non-hydrogen) atoms. The molecule has 0 bridgehead atoms. The second kappa shape index (κ2) is 8.78. The van der Waals surface area contributed by atoms with Crippen molar-refractivity contribution in [1.82, 2.24) is 9.97 Å². The zero-order valence-electron chi connectivity index (χ0n) is 16.0. The van der Waals surface area contributed by atoms with Crippen LogP contribution in [0.5, 0.6) is 0 Å². The lowest BCUT2D eigenvalue weighted by Crippen LogP contribution is -2.12. The van der Waals surface area contributed by atoms with Gasteiger partial charge in [-0.3, -0.25) is 4.72 Å². The molecule has 156 valence electrons. The number of benzene rings is 3. The number of aromatic nitrogens is 2. The maximum absolute atomic E-state index is 12.6. The summed E-state index contributed by atoms with van der Waals surface area (Å²) in [5.74, 6) is 0.160. The van der Waals surface area contributed by atoms with Gasteiger partial charge in [-0.15, -0.1) is 0 Å². The van der Waals surface area contributed by atoms with E-state index < -0.39 is 10.0 Å². The van der Waals surface area contributed by atoms with Gasteiger partial charge in [0.1, 0.15) is 0 Å². The molecular formula is C22H16Br2N4O2S. The van der Waals surface area contributed by atoms with Crippen molar-refractivity contribution in [2.75, 3.05) is 10.5 Å². The van der Waals surface area contributed by atoms with E-state index in [1.54, 1.807) is 36.4 Å². The number of nitrogen functional groups attached to an aromatic ring is 1. The minimum absolute atomic E-state index is 0.160. The minimum atomic E-state index is -3.68. The van der Waals surface area contributed by atoms with Crippen LogP contribution in [0, 0.1) is 0 Å². The topological polar surface area (TPSA) is 98.0 Å². The molecule has 0 saturated carbocycles. The fourth-order valence-corrected chi connectivity index (χ4v) is 4.67. The lowest BCUT2D eigenvalue weighted by molar-refractivity contribution is 0.601. The molecule has 4 aromatic rings. The average Bonchev–Trinajstić information content (AvgIpc) is 2.74. The summed E-state index contributed by atoms with van der Waals surface area (Å²) in [6, 6.07) is 23.0. The first-order chi connectivity index (χ1) is 14.8. The van der Waals surface area contributed by atoms with Crippen LogP contribution in [0.2, 0.25) is 0 Å². The predicted molar refractivity (Wildman–Crippen MR) is 130 cm³/mol. The van der Waals surface area contributed by atoms with Crippen molar-refractivity contribution in [3.8, 4) is 22.5 Å². The SMILES string of the molecule is Nc1nc(-c2ccc(NS(=O)(=O)c3ccc(Br)cc3)cc2)cc(-c2cccc(Br)c2)n1. The van der Waals surface area contributed by atoms with Gasteiger partial charge in [-0.1, -0.05) is 56.1 Å². The van der Waals surface area contributed by atoms with E-state index in [4.69, 9.17) is 5.73 Å². The number of nitrogens with one attached hydrogen (secondary N) is 1. The summed E-state index contributed by atoms with van der Waals surface area (Å²) < 4.78 is 29.5. The van der Waals surface area contributed by atoms with Crippen LogP contribution in [0.4, 0.5) is 11.6 Å². The van der Waals surface area contributed by atoms with Crippen LogP contribution >= 0.6 is 31.9 Å². The molecule has 0 fully saturated rings. The molecule has 1 aromatic heterocycles. The fraction of sp³-hybridized carbons (Fsp3) is 0. The Morgan fingerprint density at radius 3 is 2.03 bits per heavy atom. The van der Waals surface area contributed by atoms with Gasteiger partial charge >= 0.3 is 0 Å². The van der Waals surface area contributed by atoms with Crippen LogP contribution in [0.15, 0.2) is 92.7 Å². The van der Waals surface area contributed by atoms with Gasteiger partial charge in [-0.25, -0.2) is 18.4 Å². The first-order valence-electron chi connectivity index (χ1n) is 9.09. The molecule has 0 saturated heterocycles. The smallest absolute Gasteiger partial charge is 0.261 e. The van der Waals surface area contributed by atoms with Gasteiger partial charge in [-0.2, -0.15) is 0 Å². The molecule has 0 aliphatic rings. The number of hydrogen-bond donors (Lipinski definition) is 2. The van der Waals surface area contributed by atoms with E-state index in [0.29, 0.717) is 17.1 Å². The Hall–Kier alpha value is -2.75. The third-order valence-electron chi connectivity index (χ3n) is 4.42. The Morgan fingerprint density at radius 1 is 0.742 bits per heavy atom. The summed E-state index contributed by atoms with van der Waals surface area (Å²) in [7, 11) is -3.68. The number of anilines is 2. The lowest BCUT2D eigenvalue weighted by Gasteiger charge is -2.10. The van der Waals surface area contributed by atoms with E-state index in [-0.39, 0.29) is 10.8 Å². The van der Waals surface area contributed by atoms with Gasteiger partial charge in [0.05, 0.1) is 16.3 Å². The number of rotatable bonds is 5. The summed E-state index contributed by atoms with van der Waals surface area (Å²) in [5.41, 5.74) is 9.41. The Bertz CT molecular complexity index is 1340. The van der Waals surface area contributed by atoms with Gasteiger partial charge in [-0.05, 0) is 54.6 Å². The van der Waals surface area contributed by atoms with E-state index >= 15 is 0 Å². The van der Waals surface area contributed by atoms with Crippen LogP contribution < -0.4 is 10.5 Å². The van der Waals surface area contributed by atoms with Gasteiger partial charge in [0.25, 0.3) is 10.0 Å². The van der Waals surface area contributed by atoms with Crippen molar-refractivity contribution in [2.24, 2.45) is 0 Å². The second-order valence-corrected chi connectivity index (χ2v) is 10.2. The quantitative estimate of drug-likeness (QED) is 0.326. The normalized spacial score (nSPS) is 11.3. The molecule has 0 unspecified atom stereocenters. The average molecular weight is 560 g/mol. The van der Waals surface area contributed by atoms with E-state index in [1.165, 1.54) is 12.1 Å². The van der Waals surface area contributed by atoms with Crippen molar-refractivity contribution in [3.63, 3.8) is 0 Å². The molecule has 4 rings (SSSR count). The van der Waals surface area contributed by atoms with Crippen molar-refractivity contribution < 1.29 is 8.42 Å². The Morgan fingerprint density at radius 2 is 1.39 bits per heavy atom. The molecule has 1 heterocycles. The monoisotopic (exact) mass is 558 g/mol. The molecule has 0 radical (unpaired) electrons. The first-order valence-corrected chi connectivity index (χ1v) is 12.2. The fourth-order valence-electron chi connectivity index (χ4n) is 2.95. The Kier molecular flexibility index (Phi) is 6.08. The number of halogens is 2. The molecule has 6 nitrogen and oxygen atoms in total. The Labute approximate surface area is 196 Å². The van der Waals surface area contributed by atoms with E-state index in [0.717, 1.165) is 20.1 Å². The maximum Gasteiger partial charge on any atom is 0.261 e. The molecule has 0 atom stereocenters. The maximum atomic E-state index is 12.6. The molecule has 0 spiro atoms. The highest BCUT2D eigenvalue weighted by molar-refractivity contribution is 9.10. The third-order valence-corrected chi connectivity index (χ3v) is 6.84. The van der Waals surface area contributed by atoms with Crippen LogP contribution in [0.1, 0.15) is 0 Å². The molecule has 0 aliphatic heterocycles. The predicted octanol–water partition coefficient (Wildman–Crippen LogP) is 5.72. The highest BCUT2D eigenvalue weighted by Gasteiger charge is 2.14. The van der Waals surface area contributed by atoms with Crippen LogP contribution in [0.3, 0.4) is 0 Å². The summed E-state index contributed by atoms with van der Waals surface area (Å²) in [4.78, 5) is 8.83. The highest BCUT2D eigenvalue weighted by Crippen LogP contribution is 2.27. The zero-order chi connectivity index (χ0) is 22.0. The van der Waals surface area contributed by atoms with Crippen molar-refractivity contribution in [3.05, 3.63) is 87.8 Å². The lowest BCUT2D eigenvalue weighted by atomic mass is 10.1. The summed E-state index contributed by atoms with van der Waals surface area (Å²) in [6.07, 6.45) is 0. The van der Waals surface area contributed by atoms with E-state index in [1.807, 2.05) is 30.3 Å². The van der Waals surface area contributed by atoms with Crippen LogP contribution in [-0.4, -0.2) is 18.4 Å². The van der Waals surface area contributed by atoms with Gasteiger partial charge in [0, 0.05) is 25.8 Å². The zero-order valence-corrected chi connectivity index (χ0v) is 19.9. The standard InChI is InChI=1S/C22H16Br2N4O2S/c23-16-6-10-19(11-7-16)31(29,30)28-18-8-4-14(5-9-18)20-13-21(27-22(25)26-20)15-2-1-3-17(24)12-15/h1-13,28H,(H2,25,26,27). The van der Waals surface area contributed by atoms with Crippen molar-refractivity contribution in [2.45, 2.75) is 4.90 Å². The number of nitrogens with zero attached hydrogens (tertiary/aromatic N) is 2. The number of nitrogens with two attached hydrogens (primary N) is 1. The van der Waals surface area contributed by atoms with E-state index in [2.05, 4.69) is 46.5 Å². The van der Waals surface area contributed by atoms with Crippen LogP contribution in [-0.2, 0) is 10.0 Å². The molecule has 3 N–H and O–H groups in total. The molecule has 0 aliphatic carbocycles. The van der Waals surface area contributed by atoms with Gasteiger partial charge < -0.3 is 5.73 Å². The number of hydrogen-bond acceptors (Lipinski definition) is 5. The molecule has 3 aromatic carbocycles. The molecule has 0 amide bonds. The Balaban J connectivity index is 1.60. The minimum Gasteiger partial charge on any atom is -0.368 e. The van der Waals surface area contributed by atoms with Crippen molar-refractivity contribution in [1.29, 1.82) is 0 Å². The largest absolute Gasteiger partial charge is 0.368 e. The van der Waals surface area contributed by atoms with E-state index in [9.17, 15) is 8.42 Å². The highest BCUT2D eigenvalue weighted by atomic mass is 79.9. The first kappa shape index (κ1) is 21.5. The summed E-state index contributed by atoms with van der Waals surface area (Å²) >= 11 is 6.76. The number of sulfonamides is 1. The molecule has 9 heteroatoms. The summed E-state index contributed by atoms with van der Waals surface area (Å²) in [6.45, 7) is 0. The van der Waals surface area contributed by atoms with Crippen LogP contribution in [0.25, 0.3) is 22.5 Å². The summed E-state index contributed by atoms with van der Waals surface area (Å²) in [5, 5.41) is 0. The van der Waals surface area contributed by atoms with Gasteiger partial charge in [0.15, 0.2) is 0 Å². The second-order valence-electron chi connectivity index (χ2n) is 6.64.